The maximum atomic E-state index is 12.4. The van der Waals surface area contributed by atoms with Gasteiger partial charge < -0.3 is 25.0 Å². The lowest BCUT2D eigenvalue weighted by molar-refractivity contribution is -0.252. The molecule has 0 spiro atoms. The number of unbranched alkanes of at least 4 members (excludes halogenated alkanes) is 3. The number of carboxylic acid groups (broad SMARTS) is 1. The molecule has 4 aromatic rings. The van der Waals surface area contributed by atoms with E-state index in [9.17, 15) is 14.7 Å². The molecule has 5 rings (SSSR count). The SMILES string of the molecule is CN(Cc1ccccc1)C[C@@H]1C[C@H](c2ccc(CO)cc2)O[C@H](c2cccc(-c3cccc(CNC(=O)CCCCCCC(=O)O)c3)c2)O1. The van der Waals surface area contributed by atoms with Gasteiger partial charge in [0, 0.05) is 44.5 Å². The minimum Gasteiger partial charge on any atom is -0.481 e. The van der Waals surface area contributed by atoms with E-state index in [0.29, 0.717) is 25.8 Å². The summed E-state index contributed by atoms with van der Waals surface area (Å²) in [7, 11) is 2.12. The molecule has 1 saturated heterocycles. The number of benzene rings is 4. The molecule has 258 valence electrons. The molecule has 0 saturated carbocycles. The van der Waals surface area contributed by atoms with Crippen molar-refractivity contribution < 1.29 is 29.3 Å². The summed E-state index contributed by atoms with van der Waals surface area (Å²) >= 11 is 0. The zero-order valence-electron chi connectivity index (χ0n) is 28.3. The summed E-state index contributed by atoms with van der Waals surface area (Å²) in [6.45, 7) is 2.01. The fourth-order valence-corrected chi connectivity index (χ4v) is 6.27. The first-order valence-electron chi connectivity index (χ1n) is 17.3. The van der Waals surface area contributed by atoms with Gasteiger partial charge in [0.05, 0.1) is 18.8 Å². The Morgan fingerprint density at radius 3 is 2.18 bits per heavy atom. The van der Waals surface area contributed by atoms with Crippen LogP contribution in [0.3, 0.4) is 0 Å². The maximum absolute atomic E-state index is 12.4. The lowest BCUT2D eigenvalue weighted by Gasteiger charge is -2.38. The molecule has 49 heavy (non-hydrogen) atoms. The Labute approximate surface area is 289 Å². The van der Waals surface area contributed by atoms with Crippen LogP contribution in [0, 0.1) is 0 Å². The molecule has 1 heterocycles. The van der Waals surface area contributed by atoms with Crippen molar-refractivity contribution in [3.05, 3.63) is 131 Å². The quantitative estimate of drug-likeness (QED) is 0.100. The van der Waals surface area contributed by atoms with Gasteiger partial charge in [0.1, 0.15) is 0 Å². The number of aliphatic carboxylic acids is 1. The lowest BCUT2D eigenvalue weighted by atomic mass is 9.98. The van der Waals surface area contributed by atoms with Crippen LogP contribution in [0.25, 0.3) is 11.1 Å². The molecular weight excluding hydrogens is 616 g/mol. The van der Waals surface area contributed by atoms with Crippen LogP contribution in [0.4, 0.5) is 0 Å². The minimum absolute atomic E-state index is 0.00162. The highest BCUT2D eigenvalue weighted by atomic mass is 16.7. The van der Waals surface area contributed by atoms with Gasteiger partial charge in [-0.1, -0.05) is 104 Å². The Kier molecular flexibility index (Phi) is 13.5. The summed E-state index contributed by atoms with van der Waals surface area (Å²) in [6.07, 6.45) is 3.62. The van der Waals surface area contributed by atoms with E-state index in [4.69, 9.17) is 14.6 Å². The van der Waals surface area contributed by atoms with E-state index in [-0.39, 0.29) is 31.1 Å². The largest absolute Gasteiger partial charge is 0.481 e. The first-order valence-corrected chi connectivity index (χ1v) is 17.3. The summed E-state index contributed by atoms with van der Waals surface area (Å²) < 4.78 is 13.3. The molecule has 0 unspecified atom stereocenters. The number of amides is 1. The molecule has 1 amide bonds. The molecule has 1 aliphatic heterocycles. The van der Waals surface area contributed by atoms with Crippen molar-refractivity contribution in [2.75, 3.05) is 13.6 Å². The zero-order valence-corrected chi connectivity index (χ0v) is 28.3. The molecule has 4 aromatic carbocycles. The number of carbonyl (C=O) groups excluding carboxylic acids is 1. The van der Waals surface area contributed by atoms with Crippen molar-refractivity contribution in [1.29, 1.82) is 0 Å². The van der Waals surface area contributed by atoms with Crippen molar-refractivity contribution in [2.24, 2.45) is 0 Å². The third-order valence-electron chi connectivity index (χ3n) is 8.88. The number of hydrogen-bond donors (Lipinski definition) is 3. The second kappa shape index (κ2) is 18.4. The summed E-state index contributed by atoms with van der Waals surface area (Å²) in [5.41, 5.74) is 7.20. The normalized spacial score (nSPS) is 17.6. The van der Waals surface area contributed by atoms with Crippen LogP contribution in [0.2, 0.25) is 0 Å². The number of carbonyl (C=O) groups is 2. The van der Waals surface area contributed by atoms with Gasteiger partial charge in [-0.3, -0.25) is 14.5 Å². The molecule has 3 N–H and O–H groups in total. The lowest BCUT2D eigenvalue weighted by Crippen LogP contribution is -2.37. The van der Waals surface area contributed by atoms with Crippen LogP contribution >= 0.6 is 0 Å². The predicted molar refractivity (Wildman–Crippen MR) is 190 cm³/mol. The number of likely N-dealkylation sites (N-methyl/N-ethyl adjacent to an activating group) is 1. The van der Waals surface area contributed by atoms with E-state index in [1.54, 1.807) is 0 Å². The third-order valence-corrected chi connectivity index (χ3v) is 8.88. The number of ether oxygens (including phenoxy) is 2. The summed E-state index contributed by atoms with van der Waals surface area (Å²) in [5, 5.41) is 21.3. The predicted octanol–water partition coefficient (Wildman–Crippen LogP) is 7.56. The number of carboxylic acids is 1. The Balaban J connectivity index is 1.24. The van der Waals surface area contributed by atoms with Crippen molar-refractivity contribution in [2.45, 2.75) is 83.1 Å². The molecule has 8 nitrogen and oxygen atoms in total. The van der Waals surface area contributed by atoms with E-state index in [1.165, 1.54) is 5.56 Å². The Bertz CT molecular complexity index is 1630. The van der Waals surface area contributed by atoms with Crippen molar-refractivity contribution in [3.8, 4) is 11.1 Å². The van der Waals surface area contributed by atoms with Gasteiger partial charge in [-0.2, -0.15) is 0 Å². The Morgan fingerprint density at radius 2 is 1.45 bits per heavy atom. The molecule has 0 radical (unpaired) electrons. The molecule has 0 bridgehead atoms. The van der Waals surface area contributed by atoms with E-state index >= 15 is 0 Å². The molecule has 8 heteroatoms. The standard InChI is InChI=1S/C41H48N2O6/c1-43(27-30-11-5-4-6-12-30)28-37-25-38(33-21-19-31(29-44)20-22-33)49-41(48-37)36-16-10-15-35(24-36)34-14-9-13-32(23-34)26-42-39(45)17-7-2-3-8-18-40(46)47/h4-6,9-16,19-24,37-38,41,44H,2-3,7-8,17-18,25-29H2,1H3,(H,42,45)(H,46,47)/t37-,38+,41+/m0/s1. The fraction of sp³-hybridized carbons (Fsp3) is 0.366. The fourth-order valence-electron chi connectivity index (χ4n) is 6.27. The molecule has 1 aliphatic rings. The zero-order chi connectivity index (χ0) is 34.4. The smallest absolute Gasteiger partial charge is 0.303 e. The van der Waals surface area contributed by atoms with Crippen LogP contribution in [-0.2, 0) is 38.8 Å². The van der Waals surface area contributed by atoms with Crippen molar-refractivity contribution in [1.82, 2.24) is 10.2 Å². The molecule has 3 atom stereocenters. The second-order valence-electron chi connectivity index (χ2n) is 12.9. The highest BCUT2D eigenvalue weighted by molar-refractivity contribution is 5.76. The van der Waals surface area contributed by atoms with Gasteiger partial charge in [-0.05, 0) is 65.4 Å². The number of aliphatic hydroxyl groups is 1. The summed E-state index contributed by atoms with van der Waals surface area (Å²) in [5.74, 6) is -0.772. The molecule has 0 aliphatic carbocycles. The van der Waals surface area contributed by atoms with Crippen LogP contribution in [0.15, 0.2) is 103 Å². The molecule has 0 aromatic heterocycles. The summed E-state index contributed by atoms with van der Waals surface area (Å²) in [6, 6.07) is 34.8. The van der Waals surface area contributed by atoms with Crippen molar-refractivity contribution in [3.63, 3.8) is 0 Å². The van der Waals surface area contributed by atoms with Gasteiger partial charge in [0.25, 0.3) is 0 Å². The third kappa shape index (κ3) is 11.4. The van der Waals surface area contributed by atoms with Crippen LogP contribution < -0.4 is 5.32 Å². The Hall–Kier alpha value is -4.34. The van der Waals surface area contributed by atoms with Crippen molar-refractivity contribution >= 4 is 11.9 Å². The van der Waals surface area contributed by atoms with Gasteiger partial charge in [-0.25, -0.2) is 0 Å². The maximum Gasteiger partial charge on any atom is 0.303 e. The second-order valence-corrected chi connectivity index (χ2v) is 12.9. The number of hydrogen-bond acceptors (Lipinski definition) is 6. The van der Waals surface area contributed by atoms with Crippen LogP contribution in [0.1, 0.15) is 85.2 Å². The average molecular weight is 665 g/mol. The van der Waals surface area contributed by atoms with Gasteiger partial charge in [0.15, 0.2) is 6.29 Å². The first kappa shape index (κ1) is 36.0. The molecule has 1 fully saturated rings. The molecular formula is C41H48N2O6. The number of aliphatic hydroxyl groups excluding tert-OH is 1. The van der Waals surface area contributed by atoms with Gasteiger partial charge >= 0.3 is 5.97 Å². The van der Waals surface area contributed by atoms with E-state index < -0.39 is 12.3 Å². The van der Waals surface area contributed by atoms with Gasteiger partial charge in [-0.15, -0.1) is 0 Å². The Morgan fingerprint density at radius 1 is 0.755 bits per heavy atom. The highest BCUT2D eigenvalue weighted by Gasteiger charge is 2.33. The number of nitrogens with one attached hydrogen (secondary N) is 1. The van der Waals surface area contributed by atoms with Gasteiger partial charge in [0.2, 0.25) is 5.91 Å². The number of nitrogens with zero attached hydrogens (tertiary/aromatic N) is 1. The van der Waals surface area contributed by atoms with E-state index in [1.807, 2.05) is 54.6 Å². The average Bonchev–Trinajstić information content (AvgIpc) is 3.12. The summed E-state index contributed by atoms with van der Waals surface area (Å²) in [4.78, 5) is 25.4. The van der Waals surface area contributed by atoms with Crippen LogP contribution in [-0.4, -0.2) is 46.7 Å². The first-order chi connectivity index (χ1) is 23.9. The minimum atomic E-state index is -0.774. The monoisotopic (exact) mass is 664 g/mol. The van der Waals surface area contributed by atoms with E-state index in [2.05, 4.69) is 65.8 Å². The topological polar surface area (TPSA) is 108 Å². The number of rotatable bonds is 17. The van der Waals surface area contributed by atoms with E-state index in [0.717, 1.165) is 65.7 Å². The van der Waals surface area contributed by atoms with Crippen LogP contribution in [0.5, 0.6) is 0 Å². The highest BCUT2D eigenvalue weighted by Crippen LogP contribution is 2.39.